The first-order valence-electron chi connectivity index (χ1n) is 26.7. The summed E-state index contributed by atoms with van der Waals surface area (Å²) < 4.78 is 0. The fourth-order valence-electron chi connectivity index (χ4n) is 10.9. The number of benzene rings is 13. The van der Waals surface area contributed by atoms with Gasteiger partial charge in [0.25, 0.3) is 0 Å². The van der Waals surface area contributed by atoms with Crippen LogP contribution in [0.15, 0.2) is 279 Å². The third-order valence-electron chi connectivity index (χ3n) is 14.8. The van der Waals surface area contributed by atoms with Gasteiger partial charge in [0.2, 0.25) is 0 Å². The van der Waals surface area contributed by atoms with Crippen LogP contribution in [-0.2, 0) is 0 Å². The van der Waals surface area contributed by atoms with Crippen LogP contribution in [0, 0.1) is 0 Å². The van der Waals surface area contributed by atoms with Crippen molar-refractivity contribution in [3.05, 3.63) is 324 Å². The average molecular weight is 995 g/mol. The van der Waals surface area contributed by atoms with Crippen molar-refractivity contribution >= 4 is 126 Å². The summed E-state index contributed by atoms with van der Waals surface area (Å²) in [4.78, 5) is 4.83. The summed E-state index contributed by atoms with van der Waals surface area (Å²) in [5.74, 6) is 0. The van der Waals surface area contributed by atoms with Gasteiger partial charge in [-0.3, -0.25) is 0 Å². The first-order valence-corrected chi connectivity index (χ1v) is 26.7. The topological polar surface area (TPSA) is 6.48 Å². The predicted octanol–water partition coefficient (Wildman–Crippen LogP) is 21.4. The standard InChI is InChI=1S/C76H54N2/c1-5-15-55(16-6-1)27-31-59-35-43-63(44-36-59)77(64-45-37-60(38-46-64)32-28-56-17-7-2-8-18-56)73-53-51-69-70-52-54-74(72-26-14-24-68(76(70)72)67-23-13-25-71(73)75(67)69)78(65-47-39-61(40-48-65)33-29-57-19-9-3-10-20-57)66-49-41-62(42-50-66)34-30-58-21-11-4-12-22-58/h1-54H/b31-27+,32-28+,33-29+,34-30+. The molecule has 0 aliphatic rings. The molecule has 0 N–H and O–H groups in total. The average Bonchev–Trinajstić information content (AvgIpc) is 3.70. The molecular weight excluding hydrogens is 941 g/mol. The van der Waals surface area contributed by atoms with E-state index in [-0.39, 0.29) is 0 Å². The lowest BCUT2D eigenvalue weighted by atomic mass is 9.88. The van der Waals surface area contributed by atoms with Gasteiger partial charge in [0.05, 0.1) is 11.4 Å². The molecule has 0 heterocycles. The van der Waals surface area contributed by atoms with E-state index in [4.69, 9.17) is 0 Å². The van der Waals surface area contributed by atoms with E-state index in [2.05, 4.69) is 337 Å². The Balaban J connectivity index is 0.926. The minimum absolute atomic E-state index is 1.09. The fourth-order valence-corrected chi connectivity index (χ4v) is 10.9. The number of anilines is 6. The lowest BCUT2D eigenvalue weighted by Crippen LogP contribution is -2.11. The molecule has 0 amide bonds. The molecule has 0 unspecified atom stereocenters. The van der Waals surface area contributed by atoms with Crippen LogP contribution < -0.4 is 9.80 Å². The van der Waals surface area contributed by atoms with Crippen LogP contribution >= 0.6 is 0 Å². The Kier molecular flexibility index (Phi) is 13.1. The van der Waals surface area contributed by atoms with Crippen molar-refractivity contribution in [1.82, 2.24) is 0 Å². The van der Waals surface area contributed by atoms with E-state index in [0.29, 0.717) is 0 Å². The van der Waals surface area contributed by atoms with Gasteiger partial charge in [-0.2, -0.15) is 0 Å². The number of hydrogen-bond acceptors (Lipinski definition) is 2. The SMILES string of the molecule is C(=C\c1ccc(N(c2ccc(/C=C/c3ccccc3)cc2)c2ccc3c4ccc(N(c5ccc(/C=C/c6ccccc6)cc5)c5ccc(/C=C/c6ccccc6)cc5)c5cccc(c6cccc2c63)c54)cc1)/c1ccccc1. The Morgan fingerprint density at radius 3 is 0.641 bits per heavy atom. The minimum Gasteiger partial charge on any atom is -0.310 e. The zero-order valence-corrected chi connectivity index (χ0v) is 43.1. The zero-order valence-electron chi connectivity index (χ0n) is 43.1. The maximum absolute atomic E-state index is 2.42. The van der Waals surface area contributed by atoms with Gasteiger partial charge in [-0.1, -0.05) is 267 Å². The largest absolute Gasteiger partial charge is 0.310 e. The molecule has 0 fully saturated rings. The molecule has 2 nitrogen and oxygen atoms in total. The van der Waals surface area contributed by atoms with Crippen LogP contribution in [0.1, 0.15) is 44.5 Å². The summed E-state index contributed by atoms with van der Waals surface area (Å²) >= 11 is 0. The number of rotatable bonds is 14. The van der Waals surface area contributed by atoms with Crippen molar-refractivity contribution < 1.29 is 0 Å². The zero-order chi connectivity index (χ0) is 52.0. The van der Waals surface area contributed by atoms with Crippen LogP contribution in [0.5, 0.6) is 0 Å². The van der Waals surface area contributed by atoms with Gasteiger partial charge >= 0.3 is 0 Å². The molecule has 368 valence electrons. The molecule has 13 rings (SSSR count). The van der Waals surface area contributed by atoms with Gasteiger partial charge in [0.1, 0.15) is 0 Å². The second-order valence-electron chi connectivity index (χ2n) is 19.7. The molecule has 0 spiro atoms. The van der Waals surface area contributed by atoms with Gasteiger partial charge in [-0.05, 0) is 137 Å². The highest BCUT2D eigenvalue weighted by Crippen LogP contribution is 2.49. The fraction of sp³-hybridized carbons (Fsp3) is 0. The third-order valence-corrected chi connectivity index (χ3v) is 14.8. The van der Waals surface area contributed by atoms with Crippen LogP contribution in [0.25, 0.3) is 91.7 Å². The smallest absolute Gasteiger partial charge is 0.0540 e. The molecule has 13 aromatic carbocycles. The molecule has 13 aromatic rings. The van der Waals surface area contributed by atoms with Crippen molar-refractivity contribution in [2.45, 2.75) is 0 Å². The summed E-state index contributed by atoms with van der Waals surface area (Å²) in [5, 5.41) is 9.84. The molecule has 0 saturated carbocycles. The molecule has 0 aliphatic carbocycles. The quantitative estimate of drug-likeness (QED) is 0.0609. The lowest BCUT2D eigenvalue weighted by molar-refractivity contribution is 1.29. The van der Waals surface area contributed by atoms with Crippen LogP contribution in [0.4, 0.5) is 34.1 Å². The lowest BCUT2D eigenvalue weighted by Gasteiger charge is -2.29. The van der Waals surface area contributed by atoms with Gasteiger partial charge in [0.15, 0.2) is 0 Å². The van der Waals surface area contributed by atoms with Crippen LogP contribution in [0.2, 0.25) is 0 Å². The molecule has 0 aromatic heterocycles. The second-order valence-corrected chi connectivity index (χ2v) is 19.7. The number of hydrogen-bond donors (Lipinski definition) is 0. The van der Waals surface area contributed by atoms with Crippen molar-refractivity contribution in [2.24, 2.45) is 0 Å². The van der Waals surface area contributed by atoms with E-state index in [1.54, 1.807) is 0 Å². The van der Waals surface area contributed by atoms with Crippen molar-refractivity contribution in [1.29, 1.82) is 0 Å². The van der Waals surface area contributed by atoms with E-state index < -0.39 is 0 Å². The third kappa shape index (κ3) is 9.79. The summed E-state index contributed by atoms with van der Waals surface area (Å²) in [7, 11) is 0. The van der Waals surface area contributed by atoms with Crippen LogP contribution in [-0.4, -0.2) is 0 Å². The Labute approximate surface area is 456 Å². The van der Waals surface area contributed by atoms with Gasteiger partial charge in [0, 0.05) is 33.5 Å². The first-order chi connectivity index (χ1) is 38.7. The highest BCUT2D eigenvalue weighted by atomic mass is 15.1. The number of fused-ring (bicyclic) bond motifs is 2. The van der Waals surface area contributed by atoms with E-state index in [1.165, 1.54) is 65.3 Å². The van der Waals surface area contributed by atoms with Crippen molar-refractivity contribution in [2.75, 3.05) is 9.80 Å². The van der Waals surface area contributed by atoms with E-state index in [9.17, 15) is 0 Å². The van der Waals surface area contributed by atoms with E-state index in [0.717, 1.165) is 56.4 Å². The highest BCUT2D eigenvalue weighted by molar-refractivity contribution is 6.35. The molecule has 0 aliphatic heterocycles. The molecule has 0 radical (unpaired) electrons. The van der Waals surface area contributed by atoms with E-state index >= 15 is 0 Å². The highest BCUT2D eigenvalue weighted by Gasteiger charge is 2.23. The molecule has 0 atom stereocenters. The van der Waals surface area contributed by atoms with Crippen molar-refractivity contribution in [3.63, 3.8) is 0 Å². The maximum atomic E-state index is 2.42. The van der Waals surface area contributed by atoms with Gasteiger partial charge < -0.3 is 9.80 Å². The molecular formula is C76H54N2. The van der Waals surface area contributed by atoms with Gasteiger partial charge in [-0.15, -0.1) is 0 Å². The first kappa shape index (κ1) is 47.4. The predicted molar refractivity (Wildman–Crippen MR) is 338 cm³/mol. The summed E-state index contributed by atoms with van der Waals surface area (Å²) in [6.45, 7) is 0. The Morgan fingerprint density at radius 1 is 0.167 bits per heavy atom. The Hall–Kier alpha value is -10.3. The Bertz CT molecular complexity index is 3800. The maximum Gasteiger partial charge on any atom is 0.0540 e. The van der Waals surface area contributed by atoms with Crippen molar-refractivity contribution in [3.8, 4) is 0 Å². The second kappa shape index (κ2) is 21.5. The summed E-state index contributed by atoms with van der Waals surface area (Å²) in [5.41, 5.74) is 15.9. The number of nitrogens with zero attached hydrogens (tertiary/aromatic N) is 2. The molecule has 0 saturated heterocycles. The normalized spacial score (nSPS) is 11.9. The monoisotopic (exact) mass is 994 g/mol. The molecule has 0 bridgehead atoms. The molecule has 2 heteroatoms. The van der Waals surface area contributed by atoms with Crippen LogP contribution in [0.3, 0.4) is 0 Å². The minimum atomic E-state index is 1.09. The Morgan fingerprint density at radius 2 is 0.385 bits per heavy atom. The van der Waals surface area contributed by atoms with E-state index in [1.807, 2.05) is 0 Å². The molecule has 78 heavy (non-hydrogen) atoms. The van der Waals surface area contributed by atoms with Gasteiger partial charge in [-0.25, -0.2) is 0 Å². The summed E-state index contributed by atoms with van der Waals surface area (Å²) in [6, 6.07) is 101. The summed E-state index contributed by atoms with van der Waals surface area (Å²) in [6.07, 6.45) is 17.4.